The Morgan fingerprint density at radius 1 is 1.20 bits per heavy atom. The highest BCUT2D eigenvalue weighted by Crippen LogP contribution is 2.36. The van der Waals surface area contributed by atoms with Gasteiger partial charge in [0.05, 0.1) is 6.10 Å². The number of nitrogens with zero attached hydrogens (tertiary/aromatic N) is 2. The Morgan fingerprint density at radius 2 is 2.00 bits per heavy atom. The van der Waals surface area contributed by atoms with Crippen LogP contribution >= 0.6 is 0 Å². The van der Waals surface area contributed by atoms with Crippen molar-refractivity contribution in [3.63, 3.8) is 0 Å². The lowest BCUT2D eigenvalue weighted by atomic mass is 9.95. The van der Waals surface area contributed by atoms with E-state index in [1.165, 1.54) is 12.5 Å². The smallest absolute Gasteiger partial charge is 0.302 e. The van der Waals surface area contributed by atoms with E-state index in [2.05, 4.69) is 54.2 Å². The summed E-state index contributed by atoms with van der Waals surface area (Å²) >= 11 is 0. The highest BCUT2D eigenvalue weighted by molar-refractivity contribution is 5.66. The minimum Gasteiger partial charge on any atom is -0.462 e. The van der Waals surface area contributed by atoms with Gasteiger partial charge in [0.15, 0.2) is 17.4 Å². The van der Waals surface area contributed by atoms with Crippen molar-refractivity contribution in [3.05, 3.63) is 60.1 Å². The van der Waals surface area contributed by atoms with E-state index in [-0.39, 0.29) is 18.2 Å². The third-order valence-electron chi connectivity index (χ3n) is 6.86. The fourth-order valence-corrected chi connectivity index (χ4v) is 4.96. The Labute approximate surface area is 237 Å². The second-order valence-corrected chi connectivity index (χ2v) is 10.5. The topological polar surface area (TPSA) is 106 Å². The van der Waals surface area contributed by atoms with Gasteiger partial charge in [0.2, 0.25) is 5.89 Å². The molecule has 220 valence electrons. The summed E-state index contributed by atoms with van der Waals surface area (Å²) in [6, 6.07) is 0. The molecule has 2 aromatic heterocycles. The molecule has 2 aromatic rings. The Kier molecular flexibility index (Phi) is 11.9. The number of methoxy groups -OCH3 is 2. The van der Waals surface area contributed by atoms with Crippen molar-refractivity contribution in [2.75, 3.05) is 14.2 Å². The molecule has 0 aromatic carbocycles. The standard InChI is InChI=1S/C31H44N2O7/c1-8-12-21(2)15-22(3)13-10-9-11-14-29-32-27(20-37-29)30-33-26(19-38-30)28(35-6)17-24-16-25(39-23(4)34)18-31(5,36-7)40-24/h8-10,12,15,19-21,24-25,28H,11,13-14,16-18H2,1-7H3/b10-9+,12-8+,22-15-/t21-,24+,25+,28+,31+/m0/s1. The number of rotatable bonds is 14. The maximum absolute atomic E-state index is 11.5. The van der Waals surface area contributed by atoms with Gasteiger partial charge in [-0.15, -0.1) is 0 Å². The molecule has 0 aliphatic carbocycles. The molecular weight excluding hydrogens is 512 g/mol. The van der Waals surface area contributed by atoms with Crippen LogP contribution in [-0.4, -0.2) is 48.2 Å². The predicted molar refractivity (Wildman–Crippen MR) is 151 cm³/mol. The highest BCUT2D eigenvalue weighted by Gasteiger charge is 2.41. The van der Waals surface area contributed by atoms with Crippen LogP contribution in [0.15, 0.2) is 57.3 Å². The highest BCUT2D eigenvalue weighted by atomic mass is 16.7. The van der Waals surface area contributed by atoms with Gasteiger partial charge in [-0.25, -0.2) is 9.97 Å². The zero-order valence-electron chi connectivity index (χ0n) is 24.8. The molecule has 1 aliphatic heterocycles. The molecule has 9 nitrogen and oxygen atoms in total. The second kappa shape index (κ2) is 15.1. The Balaban J connectivity index is 1.56. The van der Waals surface area contributed by atoms with Gasteiger partial charge in [0, 0.05) is 46.8 Å². The quantitative estimate of drug-likeness (QED) is 0.181. The zero-order chi connectivity index (χ0) is 29.1. The molecule has 0 N–H and O–H groups in total. The maximum Gasteiger partial charge on any atom is 0.302 e. The van der Waals surface area contributed by atoms with Gasteiger partial charge < -0.3 is 27.8 Å². The SMILES string of the molecule is C/C=C/[C@H](C)/C=C(/C)C/C=C/CCc1nc(-c2nc([C@@H](C[C@H]3C[C@@H](OC(C)=O)C[C@](C)(OC)O3)OC)co2)co1. The van der Waals surface area contributed by atoms with E-state index in [9.17, 15) is 4.79 Å². The van der Waals surface area contributed by atoms with Crippen LogP contribution in [0.4, 0.5) is 0 Å². The molecule has 9 heteroatoms. The van der Waals surface area contributed by atoms with Gasteiger partial charge in [-0.3, -0.25) is 4.79 Å². The van der Waals surface area contributed by atoms with E-state index in [0.29, 0.717) is 54.8 Å². The first-order chi connectivity index (χ1) is 19.1. The number of hydrogen-bond acceptors (Lipinski definition) is 9. The van der Waals surface area contributed by atoms with Crippen molar-refractivity contribution < 1.29 is 32.6 Å². The Morgan fingerprint density at radius 3 is 2.70 bits per heavy atom. The van der Waals surface area contributed by atoms with E-state index >= 15 is 0 Å². The number of allylic oxidation sites excluding steroid dienone is 6. The number of carbonyl (C=O) groups is 1. The van der Waals surface area contributed by atoms with Crippen LogP contribution in [0.2, 0.25) is 0 Å². The fraction of sp³-hybridized carbons (Fsp3) is 0.581. The summed E-state index contributed by atoms with van der Waals surface area (Å²) in [5, 5.41) is 0. The predicted octanol–water partition coefficient (Wildman–Crippen LogP) is 6.92. The number of aromatic nitrogens is 2. The van der Waals surface area contributed by atoms with Gasteiger partial charge in [-0.2, -0.15) is 0 Å². The van der Waals surface area contributed by atoms with Gasteiger partial charge >= 0.3 is 5.97 Å². The van der Waals surface area contributed by atoms with Crippen LogP contribution in [0, 0.1) is 5.92 Å². The molecule has 0 amide bonds. The first-order valence-corrected chi connectivity index (χ1v) is 13.9. The summed E-state index contributed by atoms with van der Waals surface area (Å²) in [5.74, 6) is 0.258. The molecule has 1 aliphatic rings. The summed E-state index contributed by atoms with van der Waals surface area (Å²) in [6.45, 7) is 9.63. The number of aryl methyl sites for hydroxylation is 1. The average Bonchev–Trinajstić information content (AvgIpc) is 3.56. The van der Waals surface area contributed by atoms with E-state index in [1.54, 1.807) is 26.7 Å². The molecular formula is C31H44N2O7. The van der Waals surface area contributed by atoms with Crippen LogP contribution in [0.25, 0.3) is 11.6 Å². The summed E-state index contributed by atoms with van der Waals surface area (Å²) in [5.41, 5.74) is 2.50. The Bertz CT molecular complexity index is 1160. The zero-order valence-corrected chi connectivity index (χ0v) is 24.8. The third kappa shape index (κ3) is 9.57. The van der Waals surface area contributed by atoms with Crippen molar-refractivity contribution in [1.82, 2.24) is 9.97 Å². The van der Waals surface area contributed by atoms with Crippen molar-refractivity contribution >= 4 is 5.97 Å². The third-order valence-corrected chi connectivity index (χ3v) is 6.86. The van der Waals surface area contributed by atoms with Gasteiger partial charge in [0.25, 0.3) is 0 Å². The number of esters is 1. The van der Waals surface area contributed by atoms with Crippen LogP contribution in [0.5, 0.6) is 0 Å². The molecule has 40 heavy (non-hydrogen) atoms. The Hall–Kier alpha value is -3.01. The number of hydrogen-bond donors (Lipinski definition) is 0. The monoisotopic (exact) mass is 556 g/mol. The molecule has 0 unspecified atom stereocenters. The molecule has 0 spiro atoms. The molecule has 5 atom stereocenters. The van der Waals surface area contributed by atoms with Gasteiger partial charge in [-0.1, -0.05) is 42.9 Å². The number of oxazole rings is 2. The summed E-state index contributed by atoms with van der Waals surface area (Å²) < 4.78 is 34.3. The number of carbonyl (C=O) groups excluding carboxylic acids is 1. The van der Waals surface area contributed by atoms with Crippen LogP contribution < -0.4 is 0 Å². The molecule has 1 fully saturated rings. The summed E-state index contributed by atoms with van der Waals surface area (Å²) in [6.07, 6.45) is 17.0. The minimum absolute atomic E-state index is 0.268. The van der Waals surface area contributed by atoms with E-state index in [0.717, 1.165) is 12.8 Å². The average molecular weight is 557 g/mol. The van der Waals surface area contributed by atoms with E-state index in [4.69, 9.17) is 27.8 Å². The largest absolute Gasteiger partial charge is 0.462 e. The molecule has 0 bridgehead atoms. The molecule has 1 saturated heterocycles. The van der Waals surface area contributed by atoms with Crippen molar-refractivity contribution in [3.8, 4) is 11.6 Å². The van der Waals surface area contributed by atoms with Crippen molar-refractivity contribution in [2.24, 2.45) is 5.92 Å². The van der Waals surface area contributed by atoms with Gasteiger partial charge in [0.1, 0.15) is 30.4 Å². The fourth-order valence-electron chi connectivity index (χ4n) is 4.96. The van der Waals surface area contributed by atoms with Crippen LogP contribution in [-0.2, 0) is 30.2 Å². The normalized spacial score (nSPS) is 23.6. The lowest BCUT2D eigenvalue weighted by Crippen LogP contribution is -2.47. The molecule has 3 rings (SSSR count). The molecule has 3 heterocycles. The summed E-state index contributed by atoms with van der Waals surface area (Å²) in [7, 11) is 3.20. The van der Waals surface area contributed by atoms with Crippen LogP contribution in [0.3, 0.4) is 0 Å². The van der Waals surface area contributed by atoms with E-state index < -0.39 is 11.9 Å². The second-order valence-electron chi connectivity index (χ2n) is 10.5. The lowest BCUT2D eigenvalue weighted by molar-refractivity contribution is -0.280. The minimum atomic E-state index is -0.858. The van der Waals surface area contributed by atoms with Crippen molar-refractivity contribution in [2.45, 2.75) is 97.2 Å². The van der Waals surface area contributed by atoms with E-state index in [1.807, 2.05) is 13.8 Å². The van der Waals surface area contributed by atoms with Gasteiger partial charge in [-0.05, 0) is 39.5 Å². The maximum atomic E-state index is 11.5. The molecule has 0 saturated carbocycles. The number of ether oxygens (including phenoxy) is 4. The lowest BCUT2D eigenvalue weighted by Gasteiger charge is -2.41. The first kappa shape index (κ1) is 31.5. The first-order valence-electron chi connectivity index (χ1n) is 13.9. The summed E-state index contributed by atoms with van der Waals surface area (Å²) in [4.78, 5) is 20.7. The van der Waals surface area contributed by atoms with Crippen LogP contribution in [0.1, 0.15) is 84.4 Å². The van der Waals surface area contributed by atoms with Crippen molar-refractivity contribution in [1.29, 1.82) is 0 Å². The molecule has 0 radical (unpaired) electrons.